The van der Waals surface area contributed by atoms with Crippen molar-refractivity contribution >= 4 is 28.6 Å². The predicted molar refractivity (Wildman–Crippen MR) is 115 cm³/mol. The lowest BCUT2D eigenvalue weighted by molar-refractivity contribution is 0.394. The third-order valence-electron chi connectivity index (χ3n) is 5.10. The highest BCUT2D eigenvalue weighted by molar-refractivity contribution is 6.33. The quantitative estimate of drug-likeness (QED) is 0.517. The molecule has 30 heavy (non-hydrogen) atoms. The molecule has 8 nitrogen and oxygen atoms in total. The van der Waals surface area contributed by atoms with E-state index in [0.717, 1.165) is 23.8 Å². The molecule has 0 bridgehead atoms. The normalized spacial score (nSPS) is 13.7. The number of fused-ring (bicyclic) bond motifs is 1. The van der Waals surface area contributed by atoms with Crippen molar-refractivity contribution in [3.8, 4) is 22.5 Å². The fourth-order valence-electron chi connectivity index (χ4n) is 3.41. The average molecular weight is 423 g/mol. The van der Waals surface area contributed by atoms with Gasteiger partial charge in [0.05, 0.1) is 0 Å². The number of halogens is 1. The van der Waals surface area contributed by atoms with Gasteiger partial charge in [-0.05, 0) is 31.9 Å². The van der Waals surface area contributed by atoms with Gasteiger partial charge in [-0.1, -0.05) is 28.9 Å². The van der Waals surface area contributed by atoms with E-state index in [1.165, 1.54) is 0 Å². The van der Waals surface area contributed by atoms with Crippen LogP contribution in [0, 0.1) is 6.92 Å². The van der Waals surface area contributed by atoms with E-state index in [-0.39, 0.29) is 5.56 Å². The maximum atomic E-state index is 13.3. The van der Waals surface area contributed by atoms with E-state index in [0.29, 0.717) is 52.0 Å². The van der Waals surface area contributed by atoms with E-state index in [2.05, 4.69) is 25.4 Å². The van der Waals surface area contributed by atoms with Gasteiger partial charge in [0.1, 0.15) is 5.65 Å². The molecule has 3 heterocycles. The summed E-state index contributed by atoms with van der Waals surface area (Å²) in [6, 6.07) is 7.59. The van der Waals surface area contributed by atoms with Gasteiger partial charge < -0.3 is 9.84 Å². The van der Waals surface area contributed by atoms with Crippen molar-refractivity contribution in [2.45, 2.75) is 39.3 Å². The van der Waals surface area contributed by atoms with Crippen molar-refractivity contribution in [3.05, 3.63) is 51.7 Å². The monoisotopic (exact) mass is 422 g/mol. The van der Waals surface area contributed by atoms with Crippen LogP contribution in [0.3, 0.4) is 0 Å². The van der Waals surface area contributed by atoms with Gasteiger partial charge >= 0.3 is 0 Å². The standard InChI is InChI=1S/C21H19ClN6O2/c1-3-28-19-13(10-23-21(26-19)25-14-5-6-14)8-16(20(28)29)15-7-4-12(9-17(15)22)18-24-11(2)30-27-18/h4,7-10,14H,3,5-6H2,1-2H3,(H,23,25,26). The third kappa shape index (κ3) is 3.33. The van der Waals surface area contributed by atoms with Crippen LogP contribution in [0.25, 0.3) is 33.5 Å². The maximum Gasteiger partial charge on any atom is 0.260 e. The summed E-state index contributed by atoms with van der Waals surface area (Å²) in [5.74, 6) is 1.48. The van der Waals surface area contributed by atoms with Crippen LogP contribution in [0.1, 0.15) is 25.7 Å². The van der Waals surface area contributed by atoms with Crippen molar-refractivity contribution in [1.29, 1.82) is 0 Å². The van der Waals surface area contributed by atoms with Crippen LogP contribution in [0.5, 0.6) is 0 Å². The Kier molecular flexibility index (Phi) is 4.51. The lowest BCUT2D eigenvalue weighted by Gasteiger charge is -2.13. The largest absolute Gasteiger partial charge is 0.351 e. The molecule has 0 unspecified atom stereocenters. The Morgan fingerprint density at radius 1 is 1.23 bits per heavy atom. The summed E-state index contributed by atoms with van der Waals surface area (Å²) >= 11 is 6.55. The highest BCUT2D eigenvalue weighted by Gasteiger charge is 2.22. The fourth-order valence-corrected chi connectivity index (χ4v) is 3.70. The molecule has 1 fully saturated rings. The predicted octanol–water partition coefficient (Wildman–Crippen LogP) is 4.06. The van der Waals surface area contributed by atoms with E-state index in [4.69, 9.17) is 16.1 Å². The zero-order valence-electron chi connectivity index (χ0n) is 16.5. The molecule has 1 aromatic carbocycles. The van der Waals surface area contributed by atoms with Gasteiger partial charge in [-0.15, -0.1) is 0 Å². The lowest BCUT2D eigenvalue weighted by atomic mass is 10.0. The third-order valence-corrected chi connectivity index (χ3v) is 5.41. The molecule has 0 spiro atoms. The van der Waals surface area contributed by atoms with Gasteiger partial charge in [-0.2, -0.15) is 9.97 Å². The van der Waals surface area contributed by atoms with Gasteiger partial charge in [0.25, 0.3) is 5.56 Å². The number of anilines is 1. The SMILES string of the molecule is CCn1c(=O)c(-c2ccc(-c3noc(C)n3)cc2Cl)cc2cnc(NC3CC3)nc21. The molecule has 0 saturated heterocycles. The van der Waals surface area contributed by atoms with E-state index in [1.54, 1.807) is 35.9 Å². The first-order chi connectivity index (χ1) is 14.5. The zero-order valence-corrected chi connectivity index (χ0v) is 17.3. The average Bonchev–Trinajstić information content (AvgIpc) is 3.44. The number of hydrogen-bond donors (Lipinski definition) is 1. The van der Waals surface area contributed by atoms with Crippen molar-refractivity contribution in [3.63, 3.8) is 0 Å². The molecule has 152 valence electrons. The number of nitrogens with one attached hydrogen (secondary N) is 1. The van der Waals surface area contributed by atoms with Crippen LogP contribution in [0.2, 0.25) is 5.02 Å². The Bertz CT molecular complexity index is 1330. The van der Waals surface area contributed by atoms with E-state index >= 15 is 0 Å². The van der Waals surface area contributed by atoms with Crippen molar-refractivity contribution in [2.75, 3.05) is 5.32 Å². The Balaban J connectivity index is 1.61. The number of benzene rings is 1. The Morgan fingerprint density at radius 2 is 2.07 bits per heavy atom. The molecule has 0 atom stereocenters. The number of hydrogen-bond acceptors (Lipinski definition) is 7. The van der Waals surface area contributed by atoms with Gasteiger partial charge in [-0.3, -0.25) is 9.36 Å². The lowest BCUT2D eigenvalue weighted by Crippen LogP contribution is -2.22. The van der Waals surface area contributed by atoms with E-state index < -0.39 is 0 Å². The summed E-state index contributed by atoms with van der Waals surface area (Å²) in [6.07, 6.45) is 3.99. The van der Waals surface area contributed by atoms with Crippen LogP contribution < -0.4 is 10.9 Å². The molecule has 4 aromatic rings. The molecule has 9 heteroatoms. The topological polar surface area (TPSA) is 98.7 Å². The molecule has 1 aliphatic rings. The van der Waals surface area contributed by atoms with Crippen LogP contribution in [0.15, 0.2) is 39.8 Å². The number of aryl methyl sites for hydroxylation is 2. The van der Waals surface area contributed by atoms with Crippen molar-refractivity contribution < 1.29 is 4.52 Å². The Labute approximate surface area is 176 Å². The minimum atomic E-state index is -0.147. The number of rotatable bonds is 5. The van der Waals surface area contributed by atoms with Gasteiger partial charge in [0, 0.05) is 52.8 Å². The number of pyridine rings is 1. The van der Waals surface area contributed by atoms with Crippen LogP contribution in [-0.4, -0.2) is 30.7 Å². The second-order valence-electron chi connectivity index (χ2n) is 7.33. The van der Waals surface area contributed by atoms with Gasteiger partial charge in [-0.25, -0.2) is 4.98 Å². The molecule has 0 radical (unpaired) electrons. The summed E-state index contributed by atoms with van der Waals surface area (Å²) in [5, 5.41) is 8.41. The molecule has 1 N–H and O–H groups in total. The molecule has 1 aliphatic carbocycles. The van der Waals surface area contributed by atoms with Gasteiger partial charge in [0.2, 0.25) is 17.7 Å². The maximum absolute atomic E-state index is 13.3. The molecule has 3 aromatic heterocycles. The summed E-state index contributed by atoms with van der Waals surface area (Å²) in [4.78, 5) is 26.5. The summed E-state index contributed by atoms with van der Waals surface area (Å²) in [7, 11) is 0. The second-order valence-corrected chi connectivity index (χ2v) is 7.74. The van der Waals surface area contributed by atoms with E-state index in [1.807, 2.05) is 13.0 Å². The zero-order chi connectivity index (χ0) is 20.8. The van der Waals surface area contributed by atoms with Crippen LogP contribution >= 0.6 is 11.6 Å². The molecular weight excluding hydrogens is 404 g/mol. The minimum Gasteiger partial charge on any atom is -0.351 e. The Morgan fingerprint density at radius 3 is 2.73 bits per heavy atom. The van der Waals surface area contributed by atoms with Crippen LogP contribution in [-0.2, 0) is 6.54 Å². The smallest absolute Gasteiger partial charge is 0.260 e. The molecule has 5 rings (SSSR count). The van der Waals surface area contributed by atoms with Crippen LogP contribution in [0.4, 0.5) is 5.95 Å². The first-order valence-corrected chi connectivity index (χ1v) is 10.2. The summed E-state index contributed by atoms with van der Waals surface area (Å²) in [6.45, 7) is 4.13. The summed E-state index contributed by atoms with van der Waals surface area (Å²) in [5.41, 5.74) is 2.31. The molecule has 0 amide bonds. The highest BCUT2D eigenvalue weighted by atomic mass is 35.5. The molecular formula is C21H19ClN6O2. The fraction of sp³-hybridized carbons (Fsp3) is 0.286. The summed E-state index contributed by atoms with van der Waals surface area (Å²) < 4.78 is 6.68. The molecule has 1 saturated carbocycles. The van der Waals surface area contributed by atoms with Crippen molar-refractivity contribution in [1.82, 2.24) is 24.7 Å². The first kappa shape index (κ1) is 18.7. The highest BCUT2D eigenvalue weighted by Crippen LogP contribution is 2.31. The first-order valence-electron chi connectivity index (χ1n) is 9.81. The molecule has 0 aliphatic heterocycles. The van der Waals surface area contributed by atoms with Crippen molar-refractivity contribution in [2.24, 2.45) is 0 Å². The Hall–Kier alpha value is -3.26. The number of aromatic nitrogens is 5. The van der Waals surface area contributed by atoms with E-state index in [9.17, 15) is 4.79 Å². The second kappa shape index (κ2) is 7.21. The minimum absolute atomic E-state index is 0.147. The number of nitrogens with zero attached hydrogens (tertiary/aromatic N) is 5. The van der Waals surface area contributed by atoms with Gasteiger partial charge in [0.15, 0.2) is 0 Å².